The van der Waals surface area contributed by atoms with E-state index in [9.17, 15) is 18.8 Å². The standard InChI is InChI=1S/C20H19FN2O4/c1-22(12-13-7-8-17(27-2)16(21)11-13)18(24)9-10-23-19(25)14-5-3-4-6-15(14)20(23)26/h3-8,11H,9-10,12H2,1-2H3. The minimum atomic E-state index is -0.498. The van der Waals surface area contributed by atoms with Gasteiger partial charge in [-0.1, -0.05) is 18.2 Å². The van der Waals surface area contributed by atoms with Crippen molar-refractivity contribution in [2.24, 2.45) is 0 Å². The first-order valence-electron chi connectivity index (χ1n) is 8.44. The van der Waals surface area contributed by atoms with Gasteiger partial charge in [-0.05, 0) is 29.8 Å². The SMILES string of the molecule is COc1ccc(CN(C)C(=O)CCN2C(=O)c3ccccc3C2=O)cc1F. The zero-order chi connectivity index (χ0) is 19.6. The summed E-state index contributed by atoms with van der Waals surface area (Å²) in [6.45, 7) is 0.217. The number of fused-ring (bicyclic) bond motifs is 1. The van der Waals surface area contributed by atoms with Crippen LogP contribution in [-0.2, 0) is 11.3 Å². The second kappa shape index (κ2) is 7.57. The summed E-state index contributed by atoms with van der Waals surface area (Å²) in [5, 5.41) is 0. The molecule has 1 aliphatic heterocycles. The van der Waals surface area contributed by atoms with Crippen LogP contribution in [0.2, 0.25) is 0 Å². The quantitative estimate of drug-likeness (QED) is 0.733. The molecular formula is C20H19FN2O4. The van der Waals surface area contributed by atoms with Crippen molar-refractivity contribution < 1.29 is 23.5 Å². The van der Waals surface area contributed by atoms with Crippen LogP contribution in [0, 0.1) is 5.82 Å². The van der Waals surface area contributed by atoms with Crippen molar-refractivity contribution >= 4 is 17.7 Å². The number of rotatable bonds is 6. The molecule has 1 heterocycles. The molecule has 0 N–H and O–H groups in total. The van der Waals surface area contributed by atoms with Gasteiger partial charge in [-0.25, -0.2) is 4.39 Å². The third kappa shape index (κ3) is 3.67. The normalized spacial score (nSPS) is 12.9. The Morgan fingerprint density at radius 1 is 1.11 bits per heavy atom. The molecule has 6 nitrogen and oxygen atoms in total. The number of carbonyl (C=O) groups excluding carboxylic acids is 3. The summed E-state index contributed by atoms with van der Waals surface area (Å²) in [6, 6.07) is 11.1. The number of hydrogen-bond donors (Lipinski definition) is 0. The van der Waals surface area contributed by atoms with Crippen LogP contribution in [0.1, 0.15) is 32.7 Å². The van der Waals surface area contributed by atoms with E-state index >= 15 is 0 Å². The Morgan fingerprint density at radius 3 is 2.30 bits per heavy atom. The predicted octanol–water partition coefficient (Wildman–Crippen LogP) is 2.48. The first-order valence-corrected chi connectivity index (χ1v) is 8.44. The molecule has 0 unspecified atom stereocenters. The highest BCUT2D eigenvalue weighted by molar-refractivity contribution is 6.21. The van der Waals surface area contributed by atoms with E-state index in [1.165, 1.54) is 24.1 Å². The van der Waals surface area contributed by atoms with Gasteiger partial charge in [-0.2, -0.15) is 0 Å². The van der Waals surface area contributed by atoms with Crippen LogP contribution in [0.4, 0.5) is 4.39 Å². The Morgan fingerprint density at radius 2 is 1.74 bits per heavy atom. The van der Waals surface area contributed by atoms with Gasteiger partial charge in [0, 0.05) is 26.6 Å². The Labute approximate surface area is 156 Å². The summed E-state index contributed by atoms with van der Waals surface area (Å²) in [7, 11) is 2.97. The van der Waals surface area contributed by atoms with Crippen LogP contribution in [0.5, 0.6) is 5.75 Å². The zero-order valence-electron chi connectivity index (χ0n) is 15.1. The van der Waals surface area contributed by atoms with Crippen LogP contribution >= 0.6 is 0 Å². The molecule has 0 radical (unpaired) electrons. The number of benzene rings is 2. The van der Waals surface area contributed by atoms with Gasteiger partial charge in [-0.3, -0.25) is 19.3 Å². The van der Waals surface area contributed by atoms with Crippen LogP contribution in [0.25, 0.3) is 0 Å². The van der Waals surface area contributed by atoms with Crippen molar-refractivity contribution in [2.75, 3.05) is 20.7 Å². The molecule has 3 rings (SSSR count). The van der Waals surface area contributed by atoms with Crippen LogP contribution < -0.4 is 4.74 Å². The molecule has 0 fully saturated rings. The Kier molecular flexibility index (Phi) is 5.21. The van der Waals surface area contributed by atoms with E-state index in [1.807, 2.05) is 0 Å². The van der Waals surface area contributed by atoms with Crippen molar-refractivity contribution in [1.82, 2.24) is 9.80 Å². The molecule has 140 valence electrons. The average Bonchev–Trinajstić information content (AvgIpc) is 2.91. The van der Waals surface area contributed by atoms with Gasteiger partial charge in [0.1, 0.15) is 0 Å². The number of methoxy groups -OCH3 is 1. The molecule has 0 atom stereocenters. The maximum atomic E-state index is 13.8. The summed E-state index contributed by atoms with van der Waals surface area (Å²) in [5.41, 5.74) is 1.33. The zero-order valence-corrected chi connectivity index (χ0v) is 15.1. The predicted molar refractivity (Wildman–Crippen MR) is 95.9 cm³/mol. The highest BCUT2D eigenvalue weighted by Gasteiger charge is 2.35. The second-order valence-corrected chi connectivity index (χ2v) is 6.28. The fraction of sp³-hybridized carbons (Fsp3) is 0.250. The number of nitrogens with zero attached hydrogens (tertiary/aromatic N) is 2. The van der Waals surface area contributed by atoms with Crippen molar-refractivity contribution in [3.63, 3.8) is 0 Å². The van der Waals surface area contributed by atoms with Gasteiger partial charge >= 0.3 is 0 Å². The van der Waals surface area contributed by atoms with Gasteiger partial charge in [0.05, 0.1) is 18.2 Å². The van der Waals surface area contributed by atoms with E-state index in [2.05, 4.69) is 0 Å². The summed E-state index contributed by atoms with van der Waals surface area (Å²) in [6.07, 6.45) is 0.000601. The average molecular weight is 370 g/mol. The first kappa shape index (κ1) is 18.6. The van der Waals surface area contributed by atoms with Crippen molar-refractivity contribution in [2.45, 2.75) is 13.0 Å². The summed E-state index contributed by atoms with van der Waals surface area (Å²) in [5.74, 6) is -1.38. The largest absolute Gasteiger partial charge is 0.494 e. The lowest BCUT2D eigenvalue weighted by Crippen LogP contribution is -2.35. The molecule has 0 saturated heterocycles. The van der Waals surface area contributed by atoms with Crippen molar-refractivity contribution in [3.05, 3.63) is 65.0 Å². The molecule has 0 aromatic heterocycles. The van der Waals surface area contributed by atoms with Gasteiger partial charge < -0.3 is 9.64 Å². The molecule has 0 spiro atoms. The molecule has 0 bridgehead atoms. The number of hydrogen-bond acceptors (Lipinski definition) is 4. The third-order valence-corrected chi connectivity index (χ3v) is 4.49. The second-order valence-electron chi connectivity index (χ2n) is 6.28. The minimum Gasteiger partial charge on any atom is -0.494 e. The Balaban J connectivity index is 1.59. The molecule has 0 aliphatic carbocycles. The third-order valence-electron chi connectivity index (χ3n) is 4.49. The fourth-order valence-electron chi connectivity index (χ4n) is 3.01. The first-order chi connectivity index (χ1) is 12.9. The lowest BCUT2D eigenvalue weighted by Gasteiger charge is -2.19. The molecule has 2 aromatic carbocycles. The van der Waals surface area contributed by atoms with E-state index < -0.39 is 5.82 Å². The minimum absolute atomic E-state index is 0.000601. The number of ether oxygens (including phenoxy) is 1. The number of amides is 3. The van der Waals surface area contributed by atoms with Gasteiger partial charge in [0.2, 0.25) is 5.91 Å². The van der Waals surface area contributed by atoms with E-state index in [4.69, 9.17) is 4.74 Å². The fourth-order valence-corrected chi connectivity index (χ4v) is 3.01. The van der Waals surface area contributed by atoms with E-state index in [0.717, 1.165) is 4.90 Å². The van der Waals surface area contributed by atoms with E-state index in [-0.39, 0.29) is 43.0 Å². The van der Waals surface area contributed by atoms with Gasteiger partial charge in [0.15, 0.2) is 11.6 Å². The summed E-state index contributed by atoms with van der Waals surface area (Å²) >= 11 is 0. The van der Waals surface area contributed by atoms with Gasteiger partial charge in [-0.15, -0.1) is 0 Å². The highest BCUT2D eigenvalue weighted by atomic mass is 19.1. The molecule has 27 heavy (non-hydrogen) atoms. The van der Waals surface area contributed by atoms with Crippen LogP contribution in [0.3, 0.4) is 0 Å². The van der Waals surface area contributed by atoms with Crippen molar-refractivity contribution in [1.29, 1.82) is 0 Å². The molecule has 2 aromatic rings. The van der Waals surface area contributed by atoms with Gasteiger partial charge in [0.25, 0.3) is 11.8 Å². The lowest BCUT2D eigenvalue weighted by molar-refractivity contribution is -0.130. The van der Waals surface area contributed by atoms with E-state index in [0.29, 0.717) is 16.7 Å². The maximum absolute atomic E-state index is 13.8. The molecule has 7 heteroatoms. The smallest absolute Gasteiger partial charge is 0.261 e. The number of imide groups is 1. The topological polar surface area (TPSA) is 66.9 Å². The van der Waals surface area contributed by atoms with Crippen LogP contribution in [-0.4, -0.2) is 48.2 Å². The molecule has 0 saturated carbocycles. The molecule has 1 aliphatic rings. The molecule has 3 amide bonds. The highest BCUT2D eigenvalue weighted by Crippen LogP contribution is 2.23. The summed E-state index contributed by atoms with van der Waals surface area (Å²) < 4.78 is 18.6. The lowest BCUT2D eigenvalue weighted by atomic mass is 10.1. The number of halogens is 1. The van der Waals surface area contributed by atoms with Crippen LogP contribution in [0.15, 0.2) is 42.5 Å². The van der Waals surface area contributed by atoms with E-state index in [1.54, 1.807) is 37.4 Å². The number of carbonyl (C=O) groups is 3. The van der Waals surface area contributed by atoms with Crippen molar-refractivity contribution in [3.8, 4) is 5.75 Å². The Bertz CT molecular complexity index is 878. The monoisotopic (exact) mass is 370 g/mol. The Hall–Kier alpha value is -3.22. The summed E-state index contributed by atoms with van der Waals surface area (Å²) in [4.78, 5) is 39.5. The maximum Gasteiger partial charge on any atom is 0.261 e. The molecular weight excluding hydrogens is 351 g/mol.